The highest BCUT2D eigenvalue weighted by molar-refractivity contribution is 7.86. The molecule has 1 amide bonds. The van der Waals surface area contributed by atoms with Crippen LogP contribution in [0.2, 0.25) is 0 Å². The summed E-state index contributed by atoms with van der Waals surface area (Å²) in [6.07, 6.45) is 6.14. The predicted octanol–water partition coefficient (Wildman–Crippen LogP) is 4.05. The molecule has 6 N–H and O–H groups in total. The minimum atomic E-state index is -4.67. The molecule has 1 unspecified atom stereocenters. The Labute approximate surface area is 215 Å². The van der Waals surface area contributed by atoms with Crippen LogP contribution < -0.4 is 16.4 Å². The first-order valence-electron chi connectivity index (χ1n) is 11.4. The maximum absolute atomic E-state index is 12.1. The second-order valence-electron chi connectivity index (χ2n) is 8.61. The van der Waals surface area contributed by atoms with Crippen molar-refractivity contribution in [2.45, 2.75) is 55.0 Å². The molecule has 0 aromatic heterocycles. The van der Waals surface area contributed by atoms with Gasteiger partial charge in [-0.2, -0.15) is 27.1 Å². The zero-order valence-corrected chi connectivity index (χ0v) is 21.9. The van der Waals surface area contributed by atoms with Crippen molar-refractivity contribution in [2.24, 2.45) is 16.0 Å². The largest absolute Gasteiger partial charge is 0.385 e. The van der Waals surface area contributed by atoms with Crippen LogP contribution in [-0.4, -0.2) is 38.4 Å². The third-order valence-electron chi connectivity index (χ3n) is 5.59. The summed E-state index contributed by atoms with van der Waals surface area (Å²) in [7, 11) is -9.27. The number of nitrogens with two attached hydrogens (primary N) is 1. The van der Waals surface area contributed by atoms with Crippen LogP contribution in [0.15, 0.2) is 56.4 Å². The summed E-state index contributed by atoms with van der Waals surface area (Å²) in [6.45, 7) is 3.89. The van der Waals surface area contributed by atoms with Gasteiger partial charge < -0.3 is 16.4 Å². The third-order valence-corrected chi connectivity index (χ3v) is 7.31. The van der Waals surface area contributed by atoms with Gasteiger partial charge in [-0.1, -0.05) is 31.9 Å². The van der Waals surface area contributed by atoms with Gasteiger partial charge in [-0.05, 0) is 42.3 Å². The number of unbranched alkanes of at least 4 members (excludes halogenated alkanes) is 2. The van der Waals surface area contributed by atoms with E-state index in [1.165, 1.54) is 25.1 Å². The number of rotatable bonds is 10. The van der Waals surface area contributed by atoms with E-state index < -0.39 is 41.6 Å². The fraction of sp³-hybridized carbons (Fsp3) is 0.348. The van der Waals surface area contributed by atoms with E-state index in [4.69, 9.17) is 5.73 Å². The monoisotopic (exact) mass is 551 g/mol. The molecule has 1 atom stereocenters. The molecule has 14 heteroatoms. The van der Waals surface area contributed by atoms with E-state index in [1.54, 1.807) is 18.2 Å². The number of carbonyl (C=O) groups is 1. The normalized spacial score (nSPS) is 17.5. The van der Waals surface area contributed by atoms with Gasteiger partial charge in [0.2, 0.25) is 5.91 Å². The lowest BCUT2D eigenvalue weighted by Gasteiger charge is -2.30. The molecule has 0 aliphatic heterocycles. The zero-order chi connectivity index (χ0) is 27.4. The summed E-state index contributed by atoms with van der Waals surface area (Å²) in [5.41, 5.74) is 5.66. The number of anilines is 2. The number of hydrogen-bond donors (Lipinski definition) is 5. The van der Waals surface area contributed by atoms with Gasteiger partial charge >= 0.3 is 0 Å². The lowest BCUT2D eigenvalue weighted by atomic mass is 9.86. The Bertz CT molecular complexity index is 1470. The smallest absolute Gasteiger partial charge is 0.296 e. The van der Waals surface area contributed by atoms with Crippen LogP contribution in [0.25, 0.3) is 6.08 Å². The number of azo groups is 1. The summed E-state index contributed by atoms with van der Waals surface area (Å²) in [4.78, 5) is 10.9. The molecule has 3 rings (SSSR count). The molecule has 0 radical (unpaired) electrons. The molecule has 0 heterocycles. The SMILES string of the molecule is CCCCCNc1ccc(N=NC2(N)CC=Cc3cc(S(=O)(=O)O)cc(NC(C)=O)c32)c(S(=O)(=O)O)c1. The van der Waals surface area contributed by atoms with Crippen molar-refractivity contribution in [1.29, 1.82) is 0 Å². The quantitative estimate of drug-likeness (QED) is 0.164. The molecule has 1 aliphatic rings. The molecule has 0 fully saturated rings. The van der Waals surface area contributed by atoms with Crippen LogP contribution in [0.5, 0.6) is 0 Å². The van der Waals surface area contributed by atoms with Crippen LogP contribution >= 0.6 is 0 Å². The standard InChI is InChI=1S/C23H29N5O7S2/c1-3-4-5-11-25-17-8-9-19(21(13-17)37(33,34)35)27-28-23(24)10-6-7-16-12-18(36(30,31)32)14-20(22(16)23)26-15(2)29/h6-9,12-14,25H,3-5,10-11,24H2,1-2H3,(H,26,29)(H,30,31,32)(H,33,34,35). The summed E-state index contributed by atoms with van der Waals surface area (Å²) in [5.74, 6) is -0.529. The fourth-order valence-corrected chi connectivity index (χ4v) is 5.10. The number of fused-ring (bicyclic) bond motifs is 1. The fourth-order valence-electron chi connectivity index (χ4n) is 3.91. The minimum absolute atomic E-state index is 0.00921. The number of carbonyl (C=O) groups excluding carboxylic acids is 1. The van der Waals surface area contributed by atoms with E-state index in [9.17, 15) is 30.7 Å². The molecule has 2 aromatic rings. The first-order valence-corrected chi connectivity index (χ1v) is 14.3. The highest BCUT2D eigenvalue weighted by Crippen LogP contribution is 2.41. The van der Waals surface area contributed by atoms with Crippen molar-refractivity contribution in [3.05, 3.63) is 47.5 Å². The van der Waals surface area contributed by atoms with Crippen LogP contribution in [0.1, 0.15) is 50.7 Å². The Kier molecular flexibility index (Phi) is 8.49. The molecular weight excluding hydrogens is 522 g/mol. The summed E-state index contributed by atoms with van der Waals surface area (Å²) in [5, 5.41) is 13.8. The molecule has 0 saturated heterocycles. The van der Waals surface area contributed by atoms with Gasteiger partial charge in [0.1, 0.15) is 10.6 Å². The van der Waals surface area contributed by atoms with Crippen molar-refractivity contribution >= 4 is 49.3 Å². The molecule has 0 saturated carbocycles. The molecular formula is C23H29N5O7S2. The Hall–Kier alpha value is -3.17. The van der Waals surface area contributed by atoms with Crippen molar-refractivity contribution < 1.29 is 30.7 Å². The first kappa shape index (κ1) is 28.4. The molecule has 12 nitrogen and oxygen atoms in total. The van der Waals surface area contributed by atoms with E-state index >= 15 is 0 Å². The van der Waals surface area contributed by atoms with Crippen molar-refractivity contribution in [1.82, 2.24) is 0 Å². The lowest BCUT2D eigenvalue weighted by Crippen LogP contribution is -2.37. The van der Waals surface area contributed by atoms with E-state index in [0.717, 1.165) is 25.3 Å². The number of hydrogen-bond acceptors (Lipinski definition) is 9. The van der Waals surface area contributed by atoms with Crippen molar-refractivity contribution in [3.8, 4) is 0 Å². The molecule has 200 valence electrons. The van der Waals surface area contributed by atoms with Crippen LogP contribution in [0.3, 0.4) is 0 Å². The maximum Gasteiger partial charge on any atom is 0.296 e. The number of nitrogens with zero attached hydrogens (tertiary/aromatic N) is 2. The van der Waals surface area contributed by atoms with Crippen LogP contribution in [0.4, 0.5) is 17.1 Å². The third kappa shape index (κ3) is 6.99. The Balaban J connectivity index is 2.07. The van der Waals surface area contributed by atoms with Gasteiger partial charge in [0.05, 0.1) is 4.90 Å². The van der Waals surface area contributed by atoms with Crippen molar-refractivity contribution in [3.63, 3.8) is 0 Å². The first-order chi connectivity index (χ1) is 17.2. The minimum Gasteiger partial charge on any atom is -0.385 e. The van der Waals surface area contributed by atoms with Gasteiger partial charge in [0, 0.05) is 36.8 Å². The molecule has 0 bridgehead atoms. The number of benzene rings is 2. The highest BCUT2D eigenvalue weighted by Gasteiger charge is 2.35. The second-order valence-corrected chi connectivity index (χ2v) is 11.4. The van der Waals surface area contributed by atoms with Gasteiger partial charge in [0.15, 0.2) is 5.66 Å². The van der Waals surface area contributed by atoms with E-state index in [2.05, 4.69) is 27.8 Å². The Morgan fingerprint density at radius 3 is 2.46 bits per heavy atom. The zero-order valence-electron chi connectivity index (χ0n) is 20.3. The number of amides is 1. The summed E-state index contributed by atoms with van der Waals surface area (Å²) in [6, 6.07) is 6.43. The molecule has 37 heavy (non-hydrogen) atoms. The van der Waals surface area contributed by atoms with E-state index in [0.29, 0.717) is 12.2 Å². The maximum atomic E-state index is 12.1. The average Bonchev–Trinajstić information content (AvgIpc) is 2.79. The Morgan fingerprint density at radius 1 is 1.11 bits per heavy atom. The summed E-state index contributed by atoms with van der Waals surface area (Å²) < 4.78 is 66.9. The number of nitrogens with one attached hydrogen (secondary N) is 2. The van der Waals surface area contributed by atoms with Gasteiger partial charge in [0.25, 0.3) is 20.2 Å². The van der Waals surface area contributed by atoms with Crippen LogP contribution in [-0.2, 0) is 30.7 Å². The molecule has 1 aliphatic carbocycles. The molecule has 2 aromatic carbocycles. The van der Waals surface area contributed by atoms with E-state index in [1.807, 2.05) is 0 Å². The average molecular weight is 552 g/mol. The van der Waals surface area contributed by atoms with Gasteiger partial charge in [-0.3, -0.25) is 13.9 Å². The van der Waals surface area contributed by atoms with Gasteiger partial charge in [-0.15, -0.1) is 0 Å². The highest BCUT2D eigenvalue weighted by atomic mass is 32.2. The van der Waals surface area contributed by atoms with Crippen LogP contribution in [0, 0.1) is 0 Å². The van der Waals surface area contributed by atoms with Crippen molar-refractivity contribution in [2.75, 3.05) is 17.2 Å². The van der Waals surface area contributed by atoms with E-state index in [-0.39, 0.29) is 28.9 Å². The Morgan fingerprint density at radius 2 is 1.84 bits per heavy atom. The predicted molar refractivity (Wildman–Crippen MR) is 139 cm³/mol. The summed E-state index contributed by atoms with van der Waals surface area (Å²) >= 11 is 0. The second kappa shape index (κ2) is 11.1. The lowest BCUT2D eigenvalue weighted by molar-refractivity contribution is -0.114. The molecule has 0 spiro atoms. The topological polar surface area (TPSA) is 201 Å². The van der Waals surface area contributed by atoms with Gasteiger partial charge in [-0.25, -0.2) is 0 Å².